The third-order valence-corrected chi connectivity index (χ3v) is 3.72. The molecule has 0 spiro atoms. The zero-order chi connectivity index (χ0) is 15.2. The third kappa shape index (κ3) is 3.98. The average Bonchev–Trinajstić information content (AvgIpc) is 2.85. The van der Waals surface area contributed by atoms with Crippen molar-refractivity contribution in [3.63, 3.8) is 0 Å². The number of methoxy groups -OCH3 is 2. The van der Waals surface area contributed by atoms with Crippen molar-refractivity contribution in [3.05, 3.63) is 34.6 Å². The van der Waals surface area contributed by atoms with Crippen LogP contribution in [0.5, 0.6) is 5.75 Å². The Morgan fingerprint density at radius 3 is 2.86 bits per heavy atom. The van der Waals surface area contributed by atoms with Gasteiger partial charge in [0.1, 0.15) is 5.75 Å². The largest absolute Gasteiger partial charge is 0.497 e. The van der Waals surface area contributed by atoms with E-state index in [-0.39, 0.29) is 0 Å². The van der Waals surface area contributed by atoms with Crippen LogP contribution in [0, 0.1) is 6.92 Å². The van der Waals surface area contributed by atoms with Gasteiger partial charge in [0.2, 0.25) is 5.95 Å². The fraction of sp³-hybridized carbons (Fsp3) is 0.400. The Bertz CT molecular complexity index is 599. The Balaban J connectivity index is 2.26. The van der Waals surface area contributed by atoms with E-state index in [1.807, 2.05) is 35.9 Å². The summed E-state index contributed by atoms with van der Waals surface area (Å²) < 4.78 is 13.4. The molecule has 5 nitrogen and oxygen atoms in total. The van der Waals surface area contributed by atoms with Crippen LogP contribution in [-0.2, 0) is 4.74 Å². The minimum atomic E-state index is 0.732. The molecule has 0 saturated carbocycles. The van der Waals surface area contributed by atoms with Crippen LogP contribution in [0.25, 0.3) is 5.69 Å². The number of rotatable bonds is 7. The first-order valence-electron chi connectivity index (χ1n) is 6.78. The lowest BCUT2D eigenvalue weighted by atomic mass is 10.3. The van der Waals surface area contributed by atoms with Gasteiger partial charge in [-0.2, -0.15) is 0 Å². The number of hydrogen-bond donors (Lipinski definition) is 1. The standard InChI is InChI=1S/C15H20BrN3O2/c1-11-10-19(15(18-11)17-7-4-8-20-2)14-9-12(21-3)5-6-13(14)16/h5-6,9-10H,4,7-8H2,1-3H3,(H,17,18). The topological polar surface area (TPSA) is 48.3 Å². The van der Waals surface area contributed by atoms with E-state index < -0.39 is 0 Å². The average molecular weight is 354 g/mol. The summed E-state index contributed by atoms with van der Waals surface area (Å²) in [4.78, 5) is 4.53. The van der Waals surface area contributed by atoms with Crippen molar-refractivity contribution in [2.24, 2.45) is 0 Å². The van der Waals surface area contributed by atoms with Gasteiger partial charge in [-0.15, -0.1) is 0 Å². The highest BCUT2D eigenvalue weighted by Crippen LogP contribution is 2.28. The number of halogens is 1. The predicted molar refractivity (Wildman–Crippen MR) is 87.5 cm³/mol. The van der Waals surface area contributed by atoms with E-state index in [2.05, 4.69) is 26.2 Å². The first kappa shape index (κ1) is 15.9. The highest BCUT2D eigenvalue weighted by molar-refractivity contribution is 9.10. The molecule has 2 rings (SSSR count). The molecule has 0 atom stereocenters. The Morgan fingerprint density at radius 1 is 1.33 bits per heavy atom. The van der Waals surface area contributed by atoms with E-state index >= 15 is 0 Å². The fourth-order valence-electron chi connectivity index (χ4n) is 2.03. The molecule has 114 valence electrons. The minimum Gasteiger partial charge on any atom is -0.497 e. The normalized spacial score (nSPS) is 10.7. The molecular formula is C15H20BrN3O2. The maximum absolute atomic E-state index is 5.30. The Morgan fingerprint density at radius 2 is 2.14 bits per heavy atom. The lowest BCUT2D eigenvalue weighted by Crippen LogP contribution is -2.09. The molecule has 1 aromatic carbocycles. The van der Waals surface area contributed by atoms with Gasteiger partial charge in [-0.05, 0) is 41.4 Å². The van der Waals surface area contributed by atoms with Crippen molar-refractivity contribution in [2.75, 3.05) is 32.7 Å². The van der Waals surface area contributed by atoms with E-state index in [4.69, 9.17) is 9.47 Å². The monoisotopic (exact) mass is 353 g/mol. The number of nitrogens with zero attached hydrogens (tertiary/aromatic N) is 2. The van der Waals surface area contributed by atoms with Gasteiger partial charge in [0, 0.05) is 37.0 Å². The molecule has 1 N–H and O–H groups in total. The lowest BCUT2D eigenvalue weighted by molar-refractivity contribution is 0.197. The van der Waals surface area contributed by atoms with Gasteiger partial charge in [0.25, 0.3) is 0 Å². The quantitative estimate of drug-likeness (QED) is 0.775. The van der Waals surface area contributed by atoms with Crippen LogP contribution < -0.4 is 10.1 Å². The number of aryl methyl sites for hydroxylation is 1. The van der Waals surface area contributed by atoms with Crippen molar-refractivity contribution < 1.29 is 9.47 Å². The second kappa shape index (κ2) is 7.47. The Kier molecular flexibility index (Phi) is 5.64. The van der Waals surface area contributed by atoms with Gasteiger partial charge in [-0.25, -0.2) is 4.98 Å². The molecule has 0 fully saturated rings. The maximum atomic E-state index is 5.30. The summed E-state index contributed by atoms with van der Waals surface area (Å²) in [7, 11) is 3.37. The van der Waals surface area contributed by atoms with Crippen LogP contribution in [-0.4, -0.2) is 36.9 Å². The van der Waals surface area contributed by atoms with Gasteiger partial charge in [-0.1, -0.05) is 0 Å². The van der Waals surface area contributed by atoms with Crippen LogP contribution in [0.15, 0.2) is 28.9 Å². The van der Waals surface area contributed by atoms with Crippen molar-refractivity contribution in [3.8, 4) is 11.4 Å². The Hall–Kier alpha value is -1.53. The number of anilines is 1. The van der Waals surface area contributed by atoms with Crippen molar-refractivity contribution >= 4 is 21.9 Å². The zero-order valence-corrected chi connectivity index (χ0v) is 14.1. The Labute approximate surface area is 133 Å². The van der Waals surface area contributed by atoms with Crippen LogP contribution in [0.4, 0.5) is 5.95 Å². The first-order chi connectivity index (χ1) is 10.2. The first-order valence-corrected chi connectivity index (χ1v) is 7.57. The van der Waals surface area contributed by atoms with Gasteiger partial charge < -0.3 is 14.8 Å². The van der Waals surface area contributed by atoms with Crippen molar-refractivity contribution in [2.45, 2.75) is 13.3 Å². The molecule has 0 aliphatic heterocycles. The van der Waals surface area contributed by atoms with Crippen molar-refractivity contribution in [1.29, 1.82) is 0 Å². The minimum absolute atomic E-state index is 0.732. The molecule has 0 bridgehead atoms. The lowest BCUT2D eigenvalue weighted by Gasteiger charge is -2.12. The molecule has 0 radical (unpaired) electrons. The second-order valence-electron chi connectivity index (χ2n) is 4.67. The molecule has 1 aromatic heterocycles. The smallest absolute Gasteiger partial charge is 0.207 e. The van der Waals surface area contributed by atoms with Crippen LogP contribution in [0.1, 0.15) is 12.1 Å². The van der Waals surface area contributed by atoms with Crippen LogP contribution >= 0.6 is 15.9 Å². The molecule has 0 aliphatic rings. The number of aromatic nitrogens is 2. The third-order valence-electron chi connectivity index (χ3n) is 3.05. The molecule has 6 heteroatoms. The molecule has 2 aromatic rings. The molecule has 21 heavy (non-hydrogen) atoms. The number of ether oxygens (including phenoxy) is 2. The van der Waals surface area contributed by atoms with E-state index in [9.17, 15) is 0 Å². The SMILES string of the molecule is COCCCNc1nc(C)cn1-c1cc(OC)ccc1Br. The summed E-state index contributed by atoms with van der Waals surface area (Å²) in [6.45, 7) is 3.52. The molecule has 0 aliphatic carbocycles. The van der Waals surface area contributed by atoms with Gasteiger partial charge in [0.15, 0.2) is 0 Å². The maximum Gasteiger partial charge on any atom is 0.207 e. The van der Waals surface area contributed by atoms with E-state index in [0.29, 0.717) is 0 Å². The van der Waals surface area contributed by atoms with Gasteiger partial charge in [-0.3, -0.25) is 4.57 Å². The van der Waals surface area contributed by atoms with Crippen molar-refractivity contribution in [1.82, 2.24) is 9.55 Å². The molecular weight excluding hydrogens is 334 g/mol. The van der Waals surface area contributed by atoms with E-state index in [0.717, 1.165) is 47.1 Å². The van der Waals surface area contributed by atoms with Gasteiger partial charge in [0.05, 0.1) is 18.5 Å². The summed E-state index contributed by atoms with van der Waals surface area (Å²) in [5.41, 5.74) is 1.95. The number of nitrogens with one attached hydrogen (secondary N) is 1. The summed E-state index contributed by atoms with van der Waals surface area (Å²) in [6, 6.07) is 5.87. The molecule has 0 amide bonds. The molecule has 0 unspecified atom stereocenters. The van der Waals surface area contributed by atoms with Crippen LogP contribution in [0.3, 0.4) is 0 Å². The predicted octanol–water partition coefficient (Wildman–Crippen LogP) is 3.40. The zero-order valence-electron chi connectivity index (χ0n) is 12.5. The van der Waals surface area contributed by atoms with E-state index in [1.165, 1.54) is 0 Å². The summed E-state index contributed by atoms with van der Waals surface area (Å²) in [5, 5.41) is 3.34. The number of benzene rings is 1. The summed E-state index contributed by atoms with van der Waals surface area (Å²) in [6.07, 6.45) is 2.93. The fourth-order valence-corrected chi connectivity index (χ4v) is 2.46. The summed E-state index contributed by atoms with van der Waals surface area (Å²) >= 11 is 3.58. The van der Waals surface area contributed by atoms with E-state index in [1.54, 1.807) is 14.2 Å². The van der Waals surface area contributed by atoms with Gasteiger partial charge >= 0.3 is 0 Å². The second-order valence-corrected chi connectivity index (χ2v) is 5.52. The highest BCUT2D eigenvalue weighted by atomic mass is 79.9. The number of imidazole rings is 1. The summed E-state index contributed by atoms with van der Waals surface area (Å²) in [5.74, 6) is 1.63. The molecule has 0 saturated heterocycles. The van der Waals surface area contributed by atoms with Crippen LogP contribution in [0.2, 0.25) is 0 Å². The molecule has 1 heterocycles. The number of hydrogen-bond acceptors (Lipinski definition) is 4. The highest BCUT2D eigenvalue weighted by Gasteiger charge is 2.11.